The number of thiocarbonyl (C=S) groups is 1. The third-order valence-corrected chi connectivity index (χ3v) is 6.57. The van der Waals surface area contributed by atoms with Crippen molar-refractivity contribution in [3.8, 4) is 11.5 Å². The Labute approximate surface area is 204 Å². The zero-order valence-electron chi connectivity index (χ0n) is 18.6. The predicted octanol–water partition coefficient (Wildman–Crippen LogP) is 6.63. The molecule has 0 bridgehead atoms. The summed E-state index contributed by atoms with van der Waals surface area (Å²) in [5, 5.41) is 0. The summed E-state index contributed by atoms with van der Waals surface area (Å²) in [6.07, 6.45) is 1.74. The van der Waals surface area contributed by atoms with Crippen molar-refractivity contribution < 1.29 is 14.3 Å². The summed E-state index contributed by atoms with van der Waals surface area (Å²) in [6, 6.07) is 25.6. The Morgan fingerprint density at radius 3 is 2.39 bits per heavy atom. The van der Waals surface area contributed by atoms with Gasteiger partial charge in [-0.1, -0.05) is 90.7 Å². The second-order valence-corrected chi connectivity index (χ2v) is 9.24. The van der Waals surface area contributed by atoms with E-state index in [0.717, 1.165) is 16.7 Å². The van der Waals surface area contributed by atoms with Gasteiger partial charge < -0.3 is 9.47 Å². The van der Waals surface area contributed by atoms with Crippen molar-refractivity contribution in [1.82, 2.24) is 4.90 Å². The van der Waals surface area contributed by atoms with E-state index in [-0.39, 0.29) is 12.0 Å². The van der Waals surface area contributed by atoms with Gasteiger partial charge in [-0.05, 0) is 48.7 Å². The summed E-state index contributed by atoms with van der Waals surface area (Å²) in [5.41, 5.74) is 2.99. The Morgan fingerprint density at radius 2 is 1.70 bits per heavy atom. The minimum Gasteiger partial charge on any atom is -0.490 e. The molecule has 1 atom stereocenters. The predicted molar refractivity (Wildman–Crippen MR) is 138 cm³/mol. The lowest BCUT2D eigenvalue weighted by molar-refractivity contribution is -0.122. The van der Waals surface area contributed by atoms with Gasteiger partial charge in [0.25, 0.3) is 5.91 Å². The fourth-order valence-electron chi connectivity index (χ4n) is 3.52. The summed E-state index contributed by atoms with van der Waals surface area (Å²) < 4.78 is 12.6. The molecule has 1 saturated heterocycles. The molecule has 1 aliphatic heterocycles. The molecule has 1 unspecified atom stereocenters. The molecule has 1 fully saturated rings. The monoisotopic (exact) mass is 475 g/mol. The Hall–Kier alpha value is -3.09. The average molecular weight is 476 g/mol. The third kappa shape index (κ3) is 5.64. The smallest absolute Gasteiger partial charge is 0.266 e. The maximum absolute atomic E-state index is 13.0. The van der Waals surface area contributed by atoms with Gasteiger partial charge in [-0.15, -0.1) is 0 Å². The number of carbonyl (C=O) groups is 1. The van der Waals surface area contributed by atoms with E-state index >= 15 is 0 Å². The highest BCUT2D eigenvalue weighted by atomic mass is 32.2. The van der Waals surface area contributed by atoms with E-state index in [0.29, 0.717) is 33.9 Å². The molecule has 1 amide bonds. The molecular formula is C27H25NO3S2. The Bertz CT molecular complexity index is 1160. The van der Waals surface area contributed by atoms with Crippen LogP contribution in [0.2, 0.25) is 0 Å². The van der Waals surface area contributed by atoms with Crippen LogP contribution in [0.3, 0.4) is 0 Å². The van der Waals surface area contributed by atoms with E-state index in [1.54, 1.807) is 4.90 Å². The fraction of sp³-hybridized carbons (Fsp3) is 0.185. The van der Waals surface area contributed by atoms with Crippen LogP contribution in [0.5, 0.6) is 11.5 Å². The minimum atomic E-state index is -0.120. The lowest BCUT2D eigenvalue weighted by Gasteiger charge is -2.18. The van der Waals surface area contributed by atoms with Crippen LogP contribution in [0.25, 0.3) is 6.08 Å². The van der Waals surface area contributed by atoms with Crippen molar-refractivity contribution in [2.75, 3.05) is 6.61 Å². The van der Waals surface area contributed by atoms with Gasteiger partial charge in [-0.2, -0.15) is 0 Å². The van der Waals surface area contributed by atoms with Gasteiger partial charge in [0.15, 0.2) is 11.5 Å². The van der Waals surface area contributed by atoms with Gasteiger partial charge >= 0.3 is 0 Å². The summed E-state index contributed by atoms with van der Waals surface area (Å²) in [7, 11) is 0. The SMILES string of the molecule is CCOc1cc(/C=C2/SC(=S)N(Cc3ccccc3)C2=O)ccc1OC(C)c1ccccc1. The molecule has 0 radical (unpaired) electrons. The molecule has 4 rings (SSSR count). The van der Waals surface area contributed by atoms with E-state index in [2.05, 4.69) is 0 Å². The van der Waals surface area contributed by atoms with Crippen LogP contribution in [0.1, 0.15) is 36.6 Å². The van der Waals surface area contributed by atoms with Crippen LogP contribution >= 0.6 is 24.0 Å². The minimum absolute atomic E-state index is 0.0789. The lowest BCUT2D eigenvalue weighted by Crippen LogP contribution is -2.27. The van der Waals surface area contributed by atoms with E-state index in [1.165, 1.54) is 11.8 Å². The van der Waals surface area contributed by atoms with E-state index < -0.39 is 0 Å². The molecule has 0 aromatic heterocycles. The number of hydrogen-bond donors (Lipinski definition) is 0. The topological polar surface area (TPSA) is 38.8 Å². The van der Waals surface area contributed by atoms with Crippen molar-refractivity contribution in [2.24, 2.45) is 0 Å². The van der Waals surface area contributed by atoms with Crippen molar-refractivity contribution in [3.63, 3.8) is 0 Å². The molecule has 0 spiro atoms. The largest absolute Gasteiger partial charge is 0.490 e. The number of ether oxygens (including phenoxy) is 2. The Morgan fingerprint density at radius 1 is 1.00 bits per heavy atom. The van der Waals surface area contributed by atoms with Crippen LogP contribution in [-0.4, -0.2) is 21.7 Å². The standard InChI is InChI=1S/C27H25NO3S2/c1-3-30-24-16-21(14-15-23(24)31-19(2)22-12-8-5-9-13-22)17-25-26(29)28(27(32)33-25)18-20-10-6-4-7-11-20/h4-17,19H,3,18H2,1-2H3/b25-17+. The highest BCUT2D eigenvalue weighted by Crippen LogP contribution is 2.36. The van der Waals surface area contributed by atoms with E-state index in [9.17, 15) is 4.79 Å². The maximum atomic E-state index is 13.0. The molecule has 0 N–H and O–H groups in total. The molecule has 33 heavy (non-hydrogen) atoms. The second-order valence-electron chi connectivity index (χ2n) is 7.56. The molecule has 0 saturated carbocycles. The highest BCUT2D eigenvalue weighted by molar-refractivity contribution is 8.26. The number of benzene rings is 3. The van der Waals surface area contributed by atoms with Gasteiger partial charge in [0, 0.05) is 0 Å². The van der Waals surface area contributed by atoms with Crippen molar-refractivity contribution in [2.45, 2.75) is 26.5 Å². The van der Waals surface area contributed by atoms with Crippen molar-refractivity contribution in [3.05, 3.63) is 100 Å². The fourth-order valence-corrected chi connectivity index (χ4v) is 4.77. The number of amides is 1. The van der Waals surface area contributed by atoms with Crippen molar-refractivity contribution in [1.29, 1.82) is 0 Å². The molecule has 3 aromatic carbocycles. The van der Waals surface area contributed by atoms with Gasteiger partial charge in [0.2, 0.25) is 0 Å². The second kappa shape index (κ2) is 10.7. The number of hydrogen-bond acceptors (Lipinski definition) is 5. The quantitative estimate of drug-likeness (QED) is 0.270. The number of rotatable bonds is 8. The zero-order chi connectivity index (χ0) is 23.2. The number of carbonyl (C=O) groups excluding carboxylic acids is 1. The molecule has 4 nitrogen and oxygen atoms in total. The first-order chi connectivity index (χ1) is 16.0. The summed E-state index contributed by atoms with van der Waals surface area (Å²) in [4.78, 5) is 15.2. The lowest BCUT2D eigenvalue weighted by atomic mass is 10.1. The van der Waals surface area contributed by atoms with Crippen molar-refractivity contribution >= 4 is 40.3 Å². The Kier molecular flexibility index (Phi) is 7.47. The van der Waals surface area contributed by atoms with Gasteiger partial charge in [0.1, 0.15) is 10.4 Å². The summed E-state index contributed by atoms with van der Waals surface area (Å²) >= 11 is 6.80. The molecule has 3 aromatic rings. The van der Waals surface area contributed by atoms with Gasteiger partial charge in [0.05, 0.1) is 18.1 Å². The maximum Gasteiger partial charge on any atom is 0.266 e. The van der Waals surface area contributed by atoms with Crippen LogP contribution < -0.4 is 9.47 Å². The normalized spacial score (nSPS) is 15.7. The Balaban J connectivity index is 1.53. The molecule has 0 aliphatic carbocycles. The van der Waals surface area contributed by atoms with Gasteiger partial charge in [-0.3, -0.25) is 9.69 Å². The average Bonchev–Trinajstić information content (AvgIpc) is 3.09. The molecule has 1 heterocycles. The molecular weight excluding hydrogens is 450 g/mol. The first-order valence-corrected chi connectivity index (χ1v) is 12.1. The van der Waals surface area contributed by atoms with Crippen LogP contribution in [0.4, 0.5) is 0 Å². The first kappa shape index (κ1) is 23.1. The summed E-state index contributed by atoms with van der Waals surface area (Å²) in [6.45, 7) is 4.93. The third-order valence-electron chi connectivity index (χ3n) is 5.20. The number of nitrogens with zero attached hydrogens (tertiary/aromatic N) is 1. The van der Waals surface area contributed by atoms with Gasteiger partial charge in [-0.25, -0.2) is 0 Å². The highest BCUT2D eigenvalue weighted by Gasteiger charge is 2.32. The first-order valence-electron chi connectivity index (χ1n) is 10.8. The van der Waals surface area contributed by atoms with Crippen LogP contribution in [0, 0.1) is 0 Å². The molecule has 6 heteroatoms. The summed E-state index contributed by atoms with van der Waals surface area (Å²) in [5.74, 6) is 1.24. The molecule has 168 valence electrons. The molecule has 1 aliphatic rings. The van der Waals surface area contributed by atoms with Crippen LogP contribution in [0.15, 0.2) is 83.8 Å². The number of thioether (sulfide) groups is 1. The zero-order valence-corrected chi connectivity index (χ0v) is 20.2. The van der Waals surface area contributed by atoms with E-state index in [4.69, 9.17) is 21.7 Å². The van der Waals surface area contributed by atoms with E-state index in [1.807, 2.05) is 98.8 Å². The van der Waals surface area contributed by atoms with Crippen LogP contribution in [-0.2, 0) is 11.3 Å².